The molecule has 0 aromatic heterocycles. The Kier molecular flexibility index (Phi) is 4.59. The number of benzene rings is 2. The van der Waals surface area contributed by atoms with E-state index in [1.165, 1.54) is 0 Å². The second-order valence-corrected chi connectivity index (χ2v) is 4.34. The Morgan fingerprint density at radius 2 is 1.80 bits per heavy atom. The largest absolute Gasteiger partial charge is 0.484 e. The van der Waals surface area contributed by atoms with Crippen LogP contribution in [0.2, 0.25) is 5.02 Å². The van der Waals surface area contributed by atoms with E-state index >= 15 is 0 Å². The summed E-state index contributed by atoms with van der Waals surface area (Å²) in [5, 5.41) is 9.66. The van der Waals surface area contributed by atoms with Gasteiger partial charge in [0.25, 0.3) is 5.91 Å². The fraction of sp³-hybridized carbons (Fsp3) is 0.0667. The minimum Gasteiger partial charge on any atom is -0.484 e. The second-order valence-electron chi connectivity index (χ2n) is 3.91. The monoisotopic (exact) mass is 286 g/mol. The molecule has 0 aliphatic carbocycles. The number of hydrogen-bond donors (Lipinski definition) is 0. The lowest BCUT2D eigenvalue weighted by molar-refractivity contribution is -0.119. The molecule has 5 heteroatoms. The van der Waals surface area contributed by atoms with Crippen molar-refractivity contribution in [1.29, 1.82) is 5.26 Å². The van der Waals surface area contributed by atoms with Crippen molar-refractivity contribution in [2.75, 3.05) is 11.5 Å². The Labute approximate surface area is 121 Å². The molecule has 0 saturated heterocycles. The predicted molar refractivity (Wildman–Crippen MR) is 76.5 cm³/mol. The number of nitrogens with zero attached hydrogens (tertiary/aromatic N) is 2. The summed E-state index contributed by atoms with van der Waals surface area (Å²) in [5.74, 6) is 0.0855. The van der Waals surface area contributed by atoms with Crippen molar-refractivity contribution in [3.8, 4) is 11.9 Å². The van der Waals surface area contributed by atoms with Gasteiger partial charge in [0.15, 0.2) is 12.8 Å². The quantitative estimate of drug-likeness (QED) is 0.640. The van der Waals surface area contributed by atoms with Crippen LogP contribution in [0.4, 0.5) is 5.69 Å². The third-order valence-corrected chi connectivity index (χ3v) is 2.79. The van der Waals surface area contributed by atoms with Crippen LogP contribution >= 0.6 is 11.6 Å². The molecule has 0 aliphatic rings. The van der Waals surface area contributed by atoms with E-state index in [0.29, 0.717) is 16.5 Å². The number of hydrogen-bond acceptors (Lipinski definition) is 3. The Morgan fingerprint density at radius 3 is 2.40 bits per heavy atom. The lowest BCUT2D eigenvalue weighted by Gasteiger charge is -2.14. The van der Waals surface area contributed by atoms with Crippen LogP contribution < -0.4 is 9.64 Å². The van der Waals surface area contributed by atoms with Crippen LogP contribution in [0.3, 0.4) is 0 Å². The minimum absolute atomic E-state index is 0.218. The topological polar surface area (TPSA) is 53.3 Å². The normalized spacial score (nSPS) is 9.60. The van der Waals surface area contributed by atoms with E-state index in [1.54, 1.807) is 48.5 Å². The molecule has 2 aromatic rings. The molecule has 0 bridgehead atoms. The predicted octanol–water partition coefficient (Wildman–Crippen LogP) is 3.23. The number of anilines is 1. The van der Waals surface area contributed by atoms with Gasteiger partial charge in [0, 0.05) is 5.02 Å². The molecule has 0 radical (unpaired) electrons. The molecule has 1 amide bonds. The van der Waals surface area contributed by atoms with Crippen molar-refractivity contribution in [3.05, 3.63) is 59.6 Å². The summed E-state index contributed by atoms with van der Waals surface area (Å²) >= 11 is 5.75. The first-order valence-corrected chi connectivity index (χ1v) is 6.24. The van der Waals surface area contributed by atoms with E-state index < -0.39 is 5.91 Å². The highest BCUT2D eigenvalue weighted by atomic mass is 35.5. The molecular formula is C15H11ClN2O2. The number of carbonyl (C=O) groups is 1. The third kappa shape index (κ3) is 3.50. The molecule has 0 heterocycles. The van der Waals surface area contributed by atoms with Crippen molar-refractivity contribution >= 4 is 23.2 Å². The van der Waals surface area contributed by atoms with Crippen molar-refractivity contribution in [3.63, 3.8) is 0 Å². The number of para-hydroxylation sites is 1. The van der Waals surface area contributed by atoms with Gasteiger partial charge in [-0.25, -0.2) is 4.90 Å². The molecule has 2 rings (SSSR count). The van der Waals surface area contributed by atoms with E-state index in [4.69, 9.17) is 21.6 Å². The van der Waals surface area contributed by atoms with E-state index in [2.05, 4.69) is 0 Å². The van der Waals surface area contributed by atoms with Gasteiger partial charge in [0.1, 0.15) is 5.75 Å². The third-order valence-electron chi connectivity index (χ3n) is 2.54. The molecule has 0 N–H and O–H groups in total. The second kappa shape index (κ2) is 6.60. The van der Waals surface area contributed by atoms with Crippen LogP contribution in [0.1, 0.15) is 0 Å². The SMILES string of the molecule is N#CN(C(=O)COc1ccc(Cl)cc1)c1ccccc1. The molecule has 0 atom stereocenters. The van der Waals surface area contributed by atoms with Gasteiger partial charge in [-0.2, -0.15) is 5.26 Å². The van der Waals surface area contributed by atoms with Gasteiger partial charge in [-0.05, 0) is 36.4 Å². The first-order chi connectivity index (χ1) is 9.70. The zero-order chi connectivity index (χ0) is 14.4. The summed E-state index contributed by atoms with van der Waals surface area (Å²) < 4.78 is 5.33. The lowest BCUT2D eigenvalue weighted by Crippen LogP contribution is -2.30. The summed E-state index contributed by atoms with van der Waals surface area (Å²) in [6, 6.07) is 15.4. The van der Waals surface area contributed by atoms with Gasteiger partial charge in [-0.15, -0.1) is 0 Å². The van der Waals surface area contributed by atoms with Gasteiger partial charge >= 0.3 is 0 Å². The first kappa shape index (κ1) is 13.9. The number of amides is 1. The summed E-state index contributed by atoms with van der Waals surface area (Å²) in [6.45, 7) is -0.218. The molecule has 2 aromatic carbocycles. The Morgan fingerprint density at radius 1 is 1.15 bits per heavy atom. The number of halogens is 1. The van der Waals surface area contributed by atoms with Crippen molar-refractivity contribution in [2.24, 2.45) is 0 Å². The van der Waals surface area contributed by atoms with Gasteiger partial charge in [0.2, 0.25) is 0 Å². The van der Waals surface area contributed by atoms with E-state index in [-0.39, 0.29) is 6.61 Å². The zero-order valence-corrected chi connectivity index (χ0v) is 11.2. The van der Waals surface area contributed by atoms with Crippen molar-refractivity contribution in [1.82, 2.24) is 0 Å². The average molecular weight is 287 g/mol. The maximum Gasteiger partial charge on any atom is 0.278 e. The first-order valence-electron chi connectivity index (χ1n) is 5.87. The molecule has 0 fully saturated rings. The highest BCUT2D eigenvalue weighted by molar-refractivity contribution is 6.30. The van der Waals surface area contributed by atoms with Gasteiger partial charge in [-0.1, -0.05) is 29.8 Å². The number of rotatable bonds is 4. The zero-order valence-electron chi connectivity index (χ0n) is 10.5. The highest BCUT2D eigenvalue weighted by Gasteiger charge is 2.15. The van der Waals surface area contributed by atoms with Crippen molar-refractivity contribution < 1.29 is 9.53 Å². The lowest BCUT2D eigenvalue weighted by atomic mass is 10.3. The Bertz CT molecular complexity index is 621. The molecule has 0 saturated carbocycles. The fourth-order valence-corrected chi connectivity index (χ4v) is 1.70. The Hall–Kier alpha value is -2.51. The maximum atomic E-state index is 12.0. The van der Waals surface area contributed by atoms with Crippen LogP contribution in [0.25, 0.3) is 0 Å². The van der Waals surface area contributed by atoms with Gasteiger partial charge in [0.05, 0.1) is 5.69 Å². The molecule has 20 heavy (non-hydrogen) atoms. The van der Waals surface area contributed by atoms with Crippen LogP contribution in [0.5, 0.6) is 5.75 Å². The van der Waals surface area contributed by atoms with Crippen LogP contribution in [0, 0.1) is 11.5 Å². The minimum atomic E-state index is -0.436. The number of carbonyl (C=O) groups excluding carboxylic acids is 1. The van der Waals surface area contributed by atoms with Crippen LogP contribution in [0.15, 0.2) is 54.6 Å². The van der Waals surface area contributed by atoms with Gasteiger partial charge in [-0.3, -0.25) is 4.79 Å². The highest BCUT2D eigenvalue weighted by Crippen LogP contribution is 2.16. The van der Waals surface area contributed by atoms with Gasteiger partial charge < -0.3 is 4.74 Å². The summed E-state index contributed by atoms with van der Waals surface area (Å²) in [5.41, 5.74) is 0.514. The van der Waals surface area contributed by atoms with Crippen LogP contribution in [-0.2, 0) is 4.79 Å². The summed E-state index contributed by atoms with van der Waals surface area (Å²) in [4.78, 5) is 13.0. The molecule has 0 aliphatic heterocycles. The smallest absolute Gasteiger partial charge is 0.278 e. The maximum absolute atomic E-state index is 12.0. The summed E-state index contributed by atoms with van der Waals surface area (Å²) in [7, 11) is 0. The summed E-state index contributed by atoms with van der Waals surface area (Å²) in [6.07, 6.45) is 1.85. The van der Waals surface area contributed by atoms with E-state index in [0.717, 1.165) is 4.90 Å². The molecule has 4 nitrogen and oxygen atoms in total. The number of nitriles is 1. The standard InChI is InChI=1S/C15H11ClN2O2/c16-12-6-8-14(9-7-12)20-10-15(19)18(11-17)13-4-2-1-3-5-13/h1-9H,10H2. The molecule has 0 unspecified atom stereocenters. The molecule has 0 spiro atoms. The van der Waals surface area contributed by atoms with Crippen molar-refractivity contribution in [2.45, 2.75) is 0 Å². The van der Waals surface area contributed by atoms with Crippen LogP contribution in [-0.4, -0.2) is 12.5 Å². The number of ether oxygens (including phenoxy) is 1. The fourth-order valence-electron chi connectivity index (χ4n) is 1.58. The molecular weight excluding hydrogens is 276 g/mol. The van der Waals surface area contributed by atoms with E-state index in [1.807, 2.05) is 12.3 Å². The average Bonchev–Trinajstić information content (AvgIpc) is 2.48. The Balaban J connectivity index is 2.00. The van der Waals surface area contributed by atoms with E-state index in [9.17, 15) is 4.79 Å². The molecule has 100 valence electrons.